The smallest absolute Gasteiger partial charge is 0.344 e. The number of hydrogen-bond acceptors (Lipinski definition) is 4. The Hall–Kier alpha value is -2.31. The molecule has 0 unspecified atom stereocenters. The lowest BCUT2D eigenvalue weighted by atomic mass is 9.77. The van der Waals surface area contributed by atoms with Crippen molar-refractivity contribution in [2.45, 2.75) is 38.1 Å². The van der Waals surface area contributed by atoms with Crippen molar-refractivity contribution < 1.29 is 18.8 Å². The zero-order valence-electron chi connectivity index (χ0n) is 11.7. The highest BCUT2D eigenvalue weighted by Gasteiger charge is 2.52. The molecule has 0 bridgehead atoms. The van der Waals surface area contributed by atoms with E-state index in [9.17, 15) is 14.4 Å². The third-order valence-electron chi connectivity index (χ3n) is 4.29. The van der Waals surface area contributed by atoms with Crippen molar-refractivity contribution in [1.82, 2.24) is 15.8 Å². The number of nitrogens with one attached hydrogen (secondary N) is 2. The Labute approximate surface area is 121 Å². The molecule has 1 saturated carbocycles. The molecule has 2 fully saturated rings. The van der Waals surface area contributed by atoms with Gasteiger partial charge in [0.25, 0.3) is 11.8 Å². The minimum Gasteiger partial charge on any atom is -0.472 e. The minimum atomic E-state index is -0.854. The number of urea groups is 1. The zero-order valence-corrected chi connectivity index (χ0v) is 11.7. The fourth-order valence-electron chi connectivity index (χ4n) is 2.88. The van der Waals surface area contributed by atoms with Gasteiger partial charge in [-0.3, -0.25) is 15.0 Å². The topological polar surface area (TPSA) is 91.7 Å². The summed E-state index contributed by atoms with van der Waals surface area (Å²) in [4.78, 5) is 36.4. The first kappa shape index (κ1) is 13.7. The summed E-state index contributed by atoms with van der Waals surface area (Å²) in [5.74, 6) is -0.375. The minimum absolute atomic E-state index is 0.258. The first-order valence-corrected chi connectivity index (χ1v) is 7.02. The van der Waals surface area contributed by atoms with Gasteiger partial charge in [-0.25, -0.2) is 4.79 Å². The quantitative estimate of drug-likeness (QED) is 0.806. The van der Waals surface area contributed by atoms with Gasteiger partial charge in [-0.15, -0.1) is 0 Å². The lowest BCUT2D eigenvalue weighted by Gasteiger charge is -2.33. The summed E-state index contributed by atoms with van der Waals surface area (Å²) in [5.41, 5.74) is 1.74. The van der Waals surface area contributed by atoms with Gasteiger partial charge in [0.05, 0.1) is 11.8 Å². The van der Waals surface area contributed by atoms with Crippen LogP contribution in [-0.4, -0.2) is 28.4 Å². The largest absolute Gasteiger partial charge is 0.472 e. The maximum atomic E-state index is 12.5. The molecule has 1 spiro atoms. The van der Waals surface area contributed by atoms with Crippen LogP contribution in [0.4, 0.5) is 4.79 Å². The van der Waals surface area contributed by atoms with Crippen LogP contribution in [0.25, 0.3) is 0 Å². The van der Waals surface area contributed by atoms with E-state index in [1.165, 1.54) is 18.6 Å². The molecule has 7 heteroatoms. The van der Waals surface area contributed by atoms with Gasteiger partial charge in [0, 0.05) is 0 Å². The summed E-state index contributed by atoms with van der Waals surface area (Å²) in [5, 5.41) is 3.52. The molecule has 1 aliphatic heterocycles. The first-order valence-electron chi connectivity index (χ1n) is 7.02. The highest BCUT2D eigenvalue weighted by Crippen LogP contribution is 2.35. The third-order valence-corrected chi connectivity index (χ3v) is 4.29. The molecule has 1 aromatic rings. The summed E-state index contributed by atoms with van der Waals surface area (Å²) in [6, 6.07) is 0.887. The van der Waals surface area contributed by atoms with Crippen molar-refractivity contribution in [2.24, 2.45) is 5.92 Å². The molecule has 3 rings (SSSR count). The van der Waals surface area contributed by atoms with Gasteiger partial charge in [0.1, 0.15) is 11.8 Å². The Balaban J connectivity index is 1.74. The monoisotopic (exact) mass is 291 g/mol. The maximum Gasteiger partial charge on any atom is 0.344 e. The fourth-order valence-corrected chi connectivity index (χ4v) is 2.88. The Morgan fingerprint density at radius 2 is 2.14 bits per heavy atom. The van der Waals surface area contributed by atoms with Crippen molar-refractivity contribution in [1.29, 1.82) is 0 Å². The number of carbonyl (C=O) groups excluding carboxylic acids is 3. The van der Waals surface area contributed by atoms with Crippen LogP contribution in [0.2, 0.25) is 0 Å². The number of amides is 4. The molecule has 0 aromatic carbocycles. The van der Waals surface area contributed by atoms with Gasteiger partial charge in [0.2, 0.25) is 0 Å². The average molecular weight is 291 g/mol. The van der Waals surface area contributed by atoms with E-state index in [4.69, 9.17) is 4.42 Å². The molecule has 2 aliphatic rings. The van der Waals surface area contributed by atoms with Crippen LogP contribution in [0.15, 0.2) is 23.0 Å². The number of nitrogens with zero attached hydrogens (tertiary/aromatic N) is 1. The molecule has 1 saturated heterocycles. The van der Waals surface area contributed by atoms with Crippen LogP contribution in [-0.2, 0) is 4.79 Å². The summed E-state index contributed by atoms with van der Waals surface area (Å²) >= 11 is 0. The van der Waals surface area contributed by atoms with Crippen LogP contribution in [0.1, 0.15) is 43.0 Å². The lowest BCUT2D eigenvalue weighted by Crippen LogP contribution is -2.51. The SMILES string of the molecule is CC1CCC2(CC1)NC(=O)N(NC(=O)c1ccoc1)C2=O. The van der Waals surface area contributed by atoms with Gasteiger partial charge >= 0.3 is 6.03 Å². The second kappa shape index (κ2) is 4.91. The van der Waals surface area contributed by atoms with E-state index in [-0.39, 0.29) is 11.5 Å². The Kier molecular flexibility index (Phi) is 3.19. The van der Waals surface area contributed by atoms with Crippen LogP contribution in [0, 0.1) is 5.92 Å². The van der Waals surface area contributed by atoms with Crippen molar-refractivity contribution in [3.05, 3.63) is 24.2 Å². The summed E-state index contributed by atoms with van der Waals surface area (Å²) in [6.45, 7) is 2.13. The fraction of sp³-hybridized carbons (Fsp3) is 0.500. The molecule has 21 heavy (non-hydrogen) atoms. The molecular weight excluding hydrogens is 274 g/mol. The average Bonchev–Trinajstić information content (AvgIpc) is 3.06. The van der Waals surface area contributed by atoms with Crippen molar-refractivity contribution in [3.8, 4) is 0 Å². The predicted octanol–water partition coefficient (Wildman–Crippen LogP) is 1.43. The molecule has 4 amide bonds. The van der Waals surface area contributed by atoms with Crippen molar-refractivity contribution in [2.75, 3.05) is 0 Å². The number of rotatable bonds is 2. The molecular formula is C14H17N3O4. The van der Waals surface area contributed by atoms with Gasteiger partial charge in [0.15, 0.2) is 0 Å². The highest BCUT2D eigenvalue weighted by atomic mass is 16.3. The number of furan rings is 1. The third kappa shape index (κ3) is 2.28. The number of imide groups is 1. The molecule has 0 atom stereocenters. The van der Waals surface area contributed by atoms with Gasteiger partial charge < -0.3 is 9.73 Å². The van der Waals surface area contributed by atoms with Crippen LogP contribution < -0.4 is 10.7 Å². The summed E-state index contributed by atoms with van der Waals surface area (Å²) in [7, 11) is 0. The summed E-state index contributed by atoms with van der Waals surface area (Å²) in [6.07, 6.45) is 5.59. The van der Waals surface area contributed by atoms with E-state index in [1.807, 2.05) is 0 Å². The zero-order chi connectivity index (χ0) is 15.0. The van der Waals surface area contributed by atoms with Crippen LogP contribution in [0.3, 0.4) is 0 Å². The normalized spacial score (nSPS) is 28.8. The Morgan fingerprint density at radius 3 is 2.76 bits per heavy atom. The van der Waals surface area contributed by atoms with Crippen LogP contribution in [0.5, 0.6) is 0 Å². The molecule has 0 radical (unpaired) electrons. The molecule has 1 aliphatic carbocycles. The molecule has 2 heterocycles. The highest BCUT2D eigenvalue weighted by molar-refractivity contribution is 6.09. The second-order valence-corrected chi connectivity index (χ2v) is 5.79. The first-order chi connectivity index (χ1) is 10.0. The van der Waals surface area contributed by atoms with Crippen molar-refractivity contribution in [3.63, 3.8) is 0 Å². The Morgan fingerprint density at radius 1 is 1.43 bits per heavy atom. The number of hydrazine groups is 1. The number of hydrogen-bond donors (Lipinski definition) is 2. The maximum absolute atomic E-state index is 12.5. The van der Waals surface area contributed by atoms with Crippen LogP contribution >= 0.6 is 0 Å². The summed E-state index contributed by atoms with van der Waals surface area (Å²) < 4.78 is 4.81. The van der Waals surface area contributed by atoms with E-state index >= 15 is 0 Å². The molecule has 1 aromatic heterocycles. The van der Waals surface area contributed by atoms with Gasteiger partial charge in [-0.1, -0.05) is 6.92 Å². The van der Waals surface area contributed by atoms with E-state index in [2.05, 4.69) is 17.7 Å². The Bertz CT molecular complexity index is 573. The molecule has 7 nitrogen and oxygen atoms in total. The second-order valence-electron chi connectivity index (χ2n) is 5.79. The van der Waals surface area contributed by atoms with Gasteiger partial charge in [-0.05, 0) is 37.7 Å². The van der Waals surface area contributed by atoms with E-state index in [1.54, 1.807) is 0 Å². The van der Waals surface area contributed by atoms with Crippen molar-refractivity contribution >= 4 is 17.8 Å². The number of carbonyl (C=O) groups is 3. The predicted molar refractivity (Wildman–Crippen MR) is 71.9 cm³/mol. The molecule has 2 N–H and O–H groups in total. The van der Waals surface area contributed by atoms with E-state index in [0.29, 0.717) is 18.8 Å². The van der Waals surface area contributed by atoms with E-state index < -0.39 is 17.5 Å². The standard InChI is InChI=1S/C14H17N3O4/c1-9-2-5-14(6-3-9)12(19)17(13(20)15-14)16-11(18)10-4-7-21-8-10/h4,7-9H,2-3,5-6H2,1H3,(H,15,20)(H,16,18). The van der Waals surface area contributed by atoms with E-state index in [0.717, 1.165) is 17.9 Å². The van der Waals surface area contributed by atoms with Gasteiger partial charge in [-0.2, -0.15) is 5.01 Å². The lowest BCUT2D eigenvalue weighted by molar-refractivity contribution is -0.134. The molecule has 112 valence electrons.